The number of carbonyl (C=O) groups is 1. The molecule has 1 unspecified atom stereocenters. The number of alkyl halides is 4. The molecule has 21 heavy (non-hydrogen) atoms. The van der Waals surface area contributed by atoms with E-state index in [1.165, 1.54) is 0 Å². The predicted molar refractivity (Wildman–Crippen MR) is 80.7 cm³/mol. The SMILES string of the molecule is CC(C)(C)OC(=O)NCCCCCCC(Br)CC(F)(F)F. The van der Waals surface area contributed by atoms with Gasteiger partial charge in [0.15, 0.2) is 0 Å². The van der Waals surface area contributed by atoms with Crippen molar-refractivity contribution < 1.29 is 22.7 Å². The maximum atomic E-state index is 12.1. The van der Waals surface area contributed by atoms with Crippen molar-refractivity contribution in [2.24, 2.45) is 0 Å². The number of hydrogen-bond acceptors (Lipinski definition) is 2. The third-order valence-corrected chi connectivity index (χ3v) is 3.35. The van der Waals surface area contributed by atoms with Gasteiger partial charge < -0.3 is 10.1 Å². The van der Waals surface area contributed by atoms with E-state index >= 15 is 0 Å². The molecule has 1 amide bonds. The Morgan fingerprint density at radius 1 is 1.14 bits per heavy atom. The Hall–Kier alpha value is -0.460. The molecular formula is C14H25BrF3NO2. The Kier molecular flexibility index (Phi) is 9.33. The first-order valence-electron chi connectivity index (χ1n) is 7.17. The van der Waals surface area contributed by atoms with Crippen LogP contribution in [-0.2, 0) is 4.74 Å². The number of amides is 1. The van der Waals surface area contributed by atoms with Gasteiger partial charge in [-0.25, -0.2) is 4.79 Å². The first-order chi connectivity index (χ1) is 9.49. The summed E-state index contributed by atoms with van der Waals surface area (Å²) in [4.78, 5) is 10.8. The summed E-state index contributed by atoms with van der Waals surface area (Å²) in [6, 6.07) is 0. The van der Waals surface area contributed by atoms with Crippen molar-refractivity contribution >= 4 is 22.0 Å². The quantitative estimate of drug-likeness (QED) is 0.468. The van der Waals surface area contributed by atoms with Gasteiger partial charge >= 0.3 is 12.3 Å². The van der Waals surface area contributed by atoms with Gasteiger partial charge in [-0.2, -0.15) is 13.2 Å². The lowest BCUT2D eigenvalue weighted by atomic mass is 10.1. The molecule has 0 aromatic rings. The maximum Gasteiger partial charge on any atom is 0.407 e. The lowest BCUT2D eigenvalue weighted by Gasteiger charge is -2.19. The summed E-state index contributed by atoms with van der Waals surface area (Å²) >= 11 is 3.05. The van der Waals surface area contributed by atoms with Crippen molar-refractivity contribution in [1.29, 1.82) is 0 Å². The highest BCUT2D eigenvalue weighted by atomic mass is 79.9. The summed E-state index contributed by atoms with van der Waals surface area (Å²) in [6.45, 7) is 5.91. The average Bonchev–Trinajstić information content (AvgIpc) is 2.22. The Morgan fingerprint density at radius 3 is 2.24 bits per heavy atom. The van der Waals surface area contributed by atoms with Gasteiger partial charge in [-0.3, -0.25) is 0 Å². The summed E-state index contributed by atoms with van der Waals surface area (Å²) in [5.74, 6) is 0. The summed E-state index contributed by atoms with van der Waals surface area (Å²) in [6.07, 6.45) is -1.53. The highest BCUT2D eigenvalue weighted by molar-refractivity contribution is 9.09. The molecule has 0 aliphatic heterocycles. The standard InChI is InChI=1S/C14H25BrF3NO2/c1-13(2,3)21-12(20)19-9-7-5-4-6-8-11(15)10-14(16,17)18/h11H,4-10H2,1-3H3,(H,19,20). The van der Waals surface area contributed by atoms with Gasteiger partial charge in [-0.1, -0.05) is 35.2 Å². The van der Waals surface area contributed by atoms with E-state index in [1.807, 2.05) is 0 Å². The second kappa shape index (κ2) is 9.54. The molecule has 0 saturated carbocycles. The molecule has 0 aliphatic rings. The van der Waals surface area contributed by atoms with E-state index in [0.717, 1.165) is 25.7 Å². The van der Waals surface area contributed by atoms with Crippen LogP contribution in [0.5, 0.6) is 0 Å². The van der Waals surface area contributed by atoms with Gasteiger partial charge in [0.25, 0.3) is 0 Å². The minimum absolute atomic E-state index is 0.437. The first kappa shape index (κ1) is 20.5. The van der Waals surface area contributed by atoms with Crippen molar-refractivity contribution in [3.8, 4) is 0 Å². The van der Waals surface area contributed by atoms with Crippen molar-refractivity contribution in [3.05, 3.63) is 0 Å². The molecule has 7 heteroatoms. The zero-order valence-corrected chi connectivity index (χ0v) is 14.4. The molecule has 0 bridgehead atoms. The molecule has 0 fully saturated rings. The van der Waals surface area contributed by atoms with Crippen LogP contribution in [0.1, 0.15) is 59.3 Å². The fraction of sp³-hybridized carbons (Fsp3) is 0.929. The fourth-order valence-electron chi connectivity index (χ4n) is 1.70. The number of carbonyl (C=O) groups excluding carboxylic acids is 1. The van der Waals surface area contributed by atoms with Gasteiger partial charge in [-0.15, -0.1) is 0 Å². The van der Waals surface area contributed by atoms with Gasteiger partial charge in [0, 0.05) is 11.4 Å². The minimum Gasteiger partial charge on any atom is -0.444 e. The first-order valence-corrected chi connectivity index (χ1v) is 8.09. The van der Waals surface area contributed by atoms with Crippen molar-refractivity contribution in [1.82, 2.24) is 5.32 Å². The topological polar surface area (TPSA) is 38.3 Å². The van der Waals surface area contributed by atoms with E-state index in [-0.39, 0.29) is 0 Å². The van der Waals surface area contributed by atoms with Crippen molar-refractivity contribution in [3.63, 3.8) is 0 Å². The smallest absolute Gasteiger partial charge is 0.407 e. The largest absolute Gasteiger partial charge is 0.444 e. The van der Waals surface area contributed by atoms with Crippen LogP contribution in [0, 0.1) is 0 Å². The number of alkyl carbamates (subject to hydrolysis) is 1. The maximum absolute atomic E-state index is 12.1. The van der Waals surface area contributed by atoms with E-state index in [2.05, 4.69) is 21.2 Å². The highest BCUT2D eigenvalue weighted by Crippen LogP contribution is 2.27. The van der Waals surface area contributed by atoms with E-state index < -0.39 is 29.1 Å². The molecular weight excluding hydrogens is 351 g/mol. The van der Waals surface area contributed by atoms with Crippen LogP contribution < -0.4 is 5.32 Å². The van der Waals surface area contributed by atoms with Gasteiger partial charge in [0.2, 0.25) is 0 Å². The third-order valence-electron chi connectivity index (χ3n) is 2.57. The van der Waals surface area contributed by atoms with Crippen molar-refractivity contribution in [2.45, 2.75) is 75.9 Å². The normalized spacial score (nSPS) is 13.9. The van der Waals surface area contributed by atoms with E-state index in [4.69, 9.17) is 4.74 Å². The Balaban J connectivity index is 3.47. The number of nitrogens with one attached hydrogen (secondary N) is 1. The van der Waals surface area contributed by atoms with Crippen LogP contribution in [0.4, 0.5) is 18.0 Å². The second-order valence-corrected chi connectivity index (χ2v) is 7.34. The summed E-state index contributed by atoms with van der Waals surface area (Å²) in [7, 11) is 0. The number of unbranched alkanes of at least 4 members (excludes halogenated alkanes) is 3. The molecule has 0 spiro atoms. The molecule has 0 radical (unpaired) electrons. The van der Waals surface area contributed by atoms with Crippen LogP contribution in [-0.4, -0.2) is 29.2 Å². The monoisotopic (exact) mass is 375 g/mol. The van der Waals surface area contributed by atoms with E-state index in [9.17, 15) is 18.0 Å². The van der Waals surface area contributed by atoms with Crippen LogP contribution in [0.15, 0.2) is 0 Å². The zero-order chi connectivity index (χ0) is 16.5. The lowest BCUT2D eigenvalue weighted by molar-refractivity contribution is -0.134. The van der Waals surface area contributed by atoms with Crippen LogP contribution in [0.2, 0.25) is 0 Å². The van der Waals surface area contributed by atoms with Gasteiger partial charge in [0.1, 0.15) is 5.60 Å². The highest BCUT2D eigenvalue weighted by Gasteiger charge is 2.30. The van der Waals surface area contributed by atoms with Gasteiger partial charge in [-0.05, 0) is 33.6 Å². The van der Waals surface area contributed by atoms with Crippen LogP contribution in [0.25, 0.3) is 0 Å². The molecule has 0 heterocycles. The average molecular weight is 376 g/mol. The zero-order valence-electron chi connectivity index (χ0n) is 12.9. The molecule has 0 rings (SSSR count). The Morgan fingerprint density at radius 2 is 1.71 bits per heavy atom. The number of halogens is 4. The second-order valence-electron chi connectivity index (χ2n) is 6.05. The molecule has 1 N–H and O–H groups in total. The Labute approximate surface area is 133 Å². The van der Waals surface area contributed by atoms with Crippen LogP contribution >= 0.6 is 15.9 Å². The van der Waals surface area contributed by atoms with Crippen LogP contribution in [0.3, 0.4) is 0 Å². The number of rotatable bonds is 8. The van der Waals surface area contributed by atoms with Gasteiger partial charge in [0.05, 0.1) is 6.42 Å². The van der Waals surface area contributed by atoms with E-state index in [0.29, 0.717) is 13.0 Å². The molecule has 3 nitrogen and oxygen atoms in total. The number of hydrogen-bond donors (Lipinski definition) is 1. The minimum atomic E-state index is -4.11. The molecule has 1 atom stereocenters. The Bertz CT molecular complexity index is 304. The predicted octanol–water partition coefficient (Wildman–Crippen LogP) is 5.18. The van der Waals surface area contributed by atoms with E-state index in [1.54, 1.807) is 20.8 Å². The van der Waals surface area contributed by atoms with Crippen molar-refractivity contribution in [2.75, 3.05) is 6.54 Å². The molecule has 0 saturated heterocycles. The third kappa shape index (κ3) is 15.7. The molecule has 0 aromatic carbocycles. The summed E-state index contributed by atoms with van der Waals surface area (Å²) in [5.41, 5.74) is -0.506. The summed E-state index contributed by atoms with van der Waals surface area (Å²) in [5, 5.41) is 2.65. The lowest BCUT2D eigenvalue weighted by Crippen LogP contribution is -2.32. The fourth-order valence-corrected chi connectivity index (χ4v) is 2.39. The molecule has 0 aliphatic carbocycles. The molecule has 126 valence electrons. The molecule has 0 aromatic heterocycles. The summed E-state index contributed by atoms with van der Waals surface area (Å²) < 4.78 is 41.4. The number of ether oxygens (including phenoxy) is 1.